The maximum Gasteiger partial charge on any atom is 0.433 e. The lowest BCUT2D eigenvalue weighted by Crippen LogP contribution is -2.08. The van der Waals surface area contributed by atoms with Gasteiger partial charge in [0, 0.05) is 11.8 Å². The van der Waals surface area contributed by atoms with Crippen LogP contribution in [0, 0.1) is 0 Å². The monoisotopic (exact) mass is 338 g/mol. The van der Waals surface area contributed by atoms with E-state index in [2.05, 4.69) is 20.1 Å². The Morgan fingerprint density at radius 1 is 1.04 bits per heavy atom. The fourth-order valence-electron chi connectivity index (χ4n) is 1.71. The Morgan fingerprint density at radius 2 is 1.83 bits per heavy atom. The molecule has 0 radical (unpaired) electrons. The number of benzene rings is 1. The molecule has 3 aromatic rings. The van der Waals surface area contributed by atoms with Crippen molar-refractivity contribution >= 4 is 11.8 Å². The first kappa shape index (κ1) is 15.5. The molecule has 0 saturated heterocycles. The Hall–Kier alpha value is -2.42. The van der Waals surface area contributed by atoms with Crippen LogP contribution in [0.3, 0.4) is 0 Å². The van der Waals surface area contributed by atoms with Crippen LogP contribution in [0.2, 0.25) is 0 Å². The molecule has 0 spiro atoms. The summed E-state index contributed by atoms with van der Waals surface area (Å²) in [5, 5.41) is 3.83. The molecule has 118 valence electrons. The van der Waals surface area contributed by atoms with Gasteiger partial charge in [-0.1, -0.05) is 47.3 Å². The Labute approximate surface area is 133 Å². The fraction of sp³-hybridized carbons (Fsp3) is 0.143. The molecule has 0 N–H and O–H groups in total. The fourth-order valence-corrected chi connectivity index (χ4v) is 2.38. The summed E-state index contributed by atoms with van der Waals surface area (Å²) >= 11 is 0.994. The van der Waals surface area contributed by atoms with Gasteiger partial charge in [-0.3, -0.25) is 0 Å². The normalized spacial score (nSPS) is 11.6. The van der Waals surface area contributed by atoms with Crippen LogP contribution in [0.4, 0.5) is 13.2 Å². The number of halogens is 3. The van der Waals surface area contributed by atoms with Gasteiger partial charge in [-0.25, -0.2) is 9.97 Å². The zero-order valence-corrected chi connectivity index (χ0v) is 12.3. The van der Waals surface area contributed by atoms with Crippen LogP contribution in [-0.2, 0) is 11.9 Å². The van der Waals surface area contributed by atoms with Gasteiger partial charge < -0.3 is 4.52 Å². The summed E-state index contributed by atoms with van der Waals surface area (Å²) in [6.45, 7) is 0. The maximum absolute atomic E-state index is 12.6. The topological polar surface area (TPSA) is 64.7 Å². The van der Waals surface area contributed by atoms with Crippen molar-refractivity contribution in [1.29, 1.82) is 0 Å². The van der Waals surface area contributed by atoms with Crippen molar-refractivity contribution in [2.45, 2.75) is 17.1 Å². The van der Waals surface area contributed by atoms with Crippen LogP contribution in [-0.4, -0.2) is 20.1 Å². The van der Waals surface area contributed by atoms with Crippen molar-refractivity contribution in [3.05, 3.63) is 54.2 Å². The zero-order chi connectivity index (χ0) is 16.3. The van der Waals surface area contributed by atoms with E-state index in [1.807, 2.05) is 30.3 Å². The van der Waals surface area contributed by atoms with Crippen LogP contribution in [0.25, 0.3) is 11.4 Å². The number of hydrogen-bond acceptors (Lipinski definition) is 6. The van der Waals surface area contributed by atoms with E-state index in [-0.39, 0.29) is 16.8 Å². The quantitative estimate of drug-likeness (QED) is 0.532. The highest BCUT2D eigenvalue weighted by molar-refractivity contribution is 7.98. The minimum absolute atomic E-state index is 0.000661. The predicted molar refractivity (Wildman–Crippen MR) is 76.3 cm³/mol. The zero-order valence-electron chi connectivity index (χ0n) is 11.5. The van der Waals surface area contributed by atoms with Crippen molar-refractivity contribution in [3.8, 4) is 11.4 Å². The molecular formula is C14H9F3N4OS. The van der Waals surface area contributed by atoms with Gasteiger partial charge in [0.15, 0.2) is 5.16 Å². The minimum atomic E-state index is -4.50. The van der Waals surface area contributed by atoms with Crippen LogP contribution in [0.5, 0.6) is 0 Å². The molecule has 0 unspecified atom stereocenters. The first-order chi connectivity index (χ1) is 11.0. The van der Waals surface area contributed by atoms with Crippen molar-refractivity contribution < 1.29 is 17.7 Å². The summed E-state index contributed by atoms with van der Waals surface area (Å²) in [6, 6.07) is 10.0. The van der Waals surface area contributed by atoms with Gasteiger partial charge in [-0.05, 0) is 6.07 Å². The Kier molecular flexibility index (Phi) is 4.28. The van der Waals surface area contributed by atoms with Crippen LogP contribution < -0.4 is 0 Å². The van der Waals surface area contributed by atoms with Crippen molar-refractivity contribution in [2.24, 2.45) is 0 Å². The molecule has 0 fully saturated rings. The van der Waals surface area contributed by atoms with E-state index in [0.29, 0.717) is 5.82 Å². The van der Waals surface area contributed by atoms with Crippen molar-refractivity contribution in [2.75, 3.05) is 0 Å². The number of alkyl halides is 3. The number of thioether (sulfide) groups is 1. The van der Waals surface area contributed by atoms with Gasteiger partial charge in [0.1, 0.15) is 5.69 Å². The number of hydrogen-bond donors (Lipinski definition) is 0. The van der Waals surface area contributed by atoms with Crippen LogP contribution >= 0.6 is 11.8 Å². The lowest BCUT2D eigenvalue weighted by atomic mass is 10.2. The molecule has 0 aliphatic rings. The molecule has 0 aliphatic heterocycles. The van der Waals surface area contributed by atoms with Crippen molar-refractivity contribution in [1.82, 2.24) is 20.1 Å². The molecule has 5 nitrogen and oxygen atoms in total. The van der Waals surface area contributed by atoms with Gasteiger partial charge in [0.25, 0.3) is 0 Å². The second-order valence-electron chi connectivity index (χ2n) is 4.39. The third-order valence-electron chi connectivity index (χ3n) is 2.75. The van der Waals surface area contributed by atoms with Crippen LogP contribution in [0.1, 0.15) is 11.6 Å². The highest BCUT2D eigenvalue weighted by atomic mass is 32.2. The number of nitrogens with zero attached hydrogens (tertiary/aromatic N) is 4. The van der Waals surface area contributed by atoms with E-state index >= 15 is 0 Å². The first-order valence-electron chi connectivity index (χ1n) is 6.43. The Balaban J connectivity index is 1.69. The molecule has 2 aromatic heterocycles. The van der Waals surface area contributed by atoms with Crippen molar-refractivity contribution in [3.63, 3.8) is 0 Å². The Bertz CT molecular complexity index is 792. The highest BCUT2D eigenvalue weighted by Crippen LogP contribution is 2.29. The lowest BCUT2D eigenvalue weighted by molar-refractivity contribution is -0.141. The van der Waals surface area contributed by atoms with E-state index in [1.54, 1.807) is 0 Å². The van der Waals surface area contributed by atoms with Gasteiger partial charge in [0.05, 0.1) is 5.75 Å². The SMILES string of the molecule is FC(F)(F)c1ccnc(SCc2nc(-c3ccccc3)no2)n1. The highest BCUT2D eigenvalue weighted by Gasteiger charge is 2.32. The smallest absolute Gasteiger partial charge is 0.338 e. The first-order valence-corrected chi connectivity index (χ1v) is 7.42. The van der Waals surface area contributed by atoms with Crippen LogP contribution in [0.15, 0.2) is 52.3 Å². The third-order valence-corrected chi connectivity index (χ3v) is 3.59. The molecule has 0 aliphatic carbocycles. The molecule has 0 bridgehead atoms. The maximum atomic E-state index is 12.6. The average molecular weight is 338 g/mol. The molecule has 0 amide bonds. The van der Waals surface area contributed by atoms with Gasteiger partial charge in [-0.2, -0.15) is 18.2 Å². The summed E-state index contributed by atoms with van der Waals surface area (Å²) in [5.74, 6) is 0.891. The molecular weight excluding hydrogens is 329 g/mol. The molecule has 2 heterocycles. The van der Waals surface area contributed by atoms with E-state index < -0.39 is 11.9 Å². The number of rotatable bonds is 4. The van der Waals surface area contributed by atoms with Gasteiger partial charge in [-0.15, -0.1) is 0 Å². The molecule has 0 saturated carbocycles. The second kappa shape index (κ2) is 6.37. The largest absolute Gasteiger partial charge is 0.433 e. The molecule has 3 rings (SSSR count). The molecule has 9 heteroatoms. The lowest BCUT2D eigenvalue weighted by Gasteiger charge is -2.05. The van der Waals surface area contributed by atoms with Gasteiger partial charge in [0.2, 0.25) is 11.7 Å². The van der Waals surface area contributed by atoms with E-state index in [4.69, 9.17) is 4.52 Å². The predicted octanol–water partition coefficient (Wildman–Crippen LogP) is 3.84. The van der Waals surface area contributed by atoms with E-state index in [9.17, 15) is 13.2 Å². The third kappa shape index (κ3) is 3.86. The van der Waals surface area contributed by atoms with E-state index in [1.165, 1.54) is 0 Å². The minimum Gasteiger partial charge on any atom is -0.338 e. The molecule has 0 atom stereocenters. The van der Waals surface area contributed by atoms with E-state index in [0.717, 1.165) is 29.6 Å². The van der Waals surface area contributed by atoms with Gasteiger partial charge >= 0.3 is 6.18 Å². The summed E-state index contributed by atoms with van der Waals surface area (Å²) in [6.07, 6.45) is -3.43. The average Bonchev–Trinajstić information content (AvgIpc) is 3.02. The summed E-state index contributed by atoms with van der Waals surface area (Å²) in [4.78, 5) is 11.4. The summed E-state index contributed by atoms with van der Waals surface area (Å²) < 4.78 is 42.8. The molecule has 23 heavy (non-hydrogen) atoms. The standard InChI is InChI=1S/C14H9F3N4OS/c15-14(16,17)10-6-7-18-13(19-10)23-8-11-20-12(21-22-11)9-4-2-1-3-5-9/h1-7H,8H2. The summed E-state index contributed by atoms with van der Waals surface area (Å²) in [5.41, 5.74) is -0.187. The molecule has 1 aromatic carbocycles. The number of aromatic nitrogens is 4. The summed E-state index contributed by atoms with van der Waals surface area (Å²) in [7, 11) is 0. The Morgan fingerprint density at radius 3 is 2.57 bits per heavy atom. The second-order valence-corrected chi connectivity index (χ2v) is 5.33.